The third kappa shape index (κ3) is 61.0. The van der Waals surface area contributed by atoms with Crippen molar-refractivity contribution in [1.82, 2.24) is 0 Å². The summed E-state index contributed by atoms with van der Waals surface area (Å²) in [6.45, 7) is 14.2. The third-order valence-corrected chi connectivity index (χ3v) is 19.3. The van der Waals surface area contributed by atoms with Crippen molar-refractivity contribution in [3.8, 4) is 0 Å². The highest BCUT2D eigenvalue weighted by molar-refractivity contribution is 7.47. The van der Waals surface area contributed by atoms with Gasteiger partial charge in [-0.2, -0.15) is 0 Å². The monoisotopic (exact) mass is 1320 g/mol. The van der Waals surface area contributed by atoms with Crippen LogP contribution in [0.1, 0.15) is 351 Å². The van der Waals surface area contributed by atoms with Gasteiger partial charge in [0, 0.05) is 25.7 Å². The highest BCUT2D eigenvalue weighted by Gasteiger charge is 2.30. The van der Waals surface area contributed by atoms with E-state index in [9.17, 15) is 43.2 Å². The molecular weight excluding hydrogens is 1190 g/mol. The van der Waals surface area contributed by atoms with E-state index in [1.54, 1.807) is 0 Å². The largest absolute Gasteiger partial charge is 0.472 e. The van der Waals surface area contributed by atoms with Gasteiger partial charge in [-0.05, 0) is 49.4 Å². The number of carbonyl (C=O) groups excluding carboxylic acids is 4. The van der Waals surface area contributed by atoms with Gasteiger partial charge in [-0.25, -0.2) is 9.13 Å². The predicted octanol–water partition coefficient (Wildman–Crippen LogP) is 20.1. The zero-order valence-corrected chi connectivity index (χ0v) is 60.6. The summed E-state index contributed by atoms with van der Waals surface area (Å²) in [5.41, 5.74) is 0. The molecule has 8 atom stereocenters. The van der Waals surface area contributed by atoms with Crippen LogP contribution >= 0.6 is 15.6 Å². The minimum atomic E-state index is -4.95. The lowest BCUT2D eigenvalue weighted by Crippen LogP contribution is -2.30. The quantitative estimate of drug-likeness (QED) is 0.0222. The van der Waals surface area contributed by atoms with Gasteiger partial charge < -0.3 is 33.8 Å². The summed E-state index contributed by atoms with van der Waals surface area (Å²) in [5, 5.41) is 10.6. The molecule has 3 N–H and O–H groups in total. The Labute approximate surface area is 549 Å². The molecular formula is C71H138O17P2. The van der Waals surface area contributed by atoms with Crippen LogP contribution in [0.5, 0.6) is 0 Å². The SMILES string of the molecule is CCC(C)CCCCCCCCCCC(=O)OC[C@H](COP(=O)(O)OC[C@@H](O)COP(=O)(O)OC[C@@H](COC(=O)CCCCCCCCCCC(C)CC)OC(=O)CCCCCCCCCCC(C)CC)OC(=O)CCCCCCCCCCCCCC(C)C. The summed E-state index contributed by atoms with van der Waals surface area (Å²) < 4.78 is 68.4. The fourth-order valence-electron chi connectivity index (χ4n) is 10.6. The van der Waals surface area contributed by atoms with Crippen LogP contribution in [0.3, 0.4) is 0 Å². The lowest BCUT2D eigenvalue weighted by Gasteiger charge is -2.21. The molecule has 534 valence electrons. The zero-order chi connectivity index (χ0) is 66.8. The fourth-order valence-corrected chi connectivity index (χ4v) is 12.1. The van der Waals surface area contributed by atoms with Crippen LogP contribution in [0.15, 0.2) is 0 Å². The fraction of sp³-hybridized carbons (Fsp3) is 0.944. The zero-order valence-electron chi connectivity index (χ0n) is 58.8. The Hall–Kier alpha value is -1.94. The van der Waals surface area contributed by atoms with E-state index >= 15 is 0 Å². The first-order chi connectivity index (χ1) is 43.2. The molecule has 0 aromatic rings. The van der Waals surface area contributed by atoms with Gasteiger partial charge in [0.05, 0.1) is 26.4 Å². The minimum Gasteiger partial charge on any atom is -0.462 e. The van der Waals surface area contributed by atoms with Gasteiger partial charge in [0.15, 0.2) is 12.2 Å². The standard InChI is InChI=1S/C71H138O17P2/c1-9-62(6)48-40-32-24-17-20-27-35-43-51-68(73)81-57-66(87-70(75)53-45-37-29-16-14-12-13-15-23-31-39-47-61(4)5)59-85-89(77,78)83-55-65(72)56-84-90(79,80)86-60-67(88-71(76)54-46-38-30-22-19-26-34-42-50-64(8)11-3)58-82-69(74)52-44-36-28-21-18-25-33-41-49-63(7)10-2/h61-67,72H,9-60H2,1-8H3,(H,77,78)(H,79,80)/t62?,63?,64?,65-,66-,67-/m1/s1. The van der Waals surface area contributed by atoms with E-state index in [0.717, 1.165) is 114 Å². The first-order valence-electron chi connectivity index (χ1n) is 36.8. The molecule has 0 spiro atoms. The van der Waals surface area contributed by atoms with Crippen LogP contribution < -0.4 is 0 Å². The lowest BCUT2D eigenvalue weighted by atomic mass is 9.99. The smallest absolute Gasteiger partial charge is 0.462 e. The molecule has 0 aromatic carbocycles. The first-order valence-corrected chi connectivity index (χ1v) is 39.8. The van der Waals surface area contributed by atoms with Crippen LogP contribution in [0.4, 0.5) is 0 Å². The van der Waals surface area contributed by atoms with E-state index < -0.39 is 97.5 Å². The highest BCUT2D eigenvalue weighted by atomic mass is 31.2. The number of ether oxygens (including phenoxy) is 4. The molecule has 0 saturated heterocycles. The number of aliphatic hydroxyl groups excluding tert-OH is 1. The van der Waals surface area contributed by atoms with Crippen molar-refractivity contribution in [1.29, 1.82) is 0 Å². The topological polar surface area (TPSA) is 237 Å². The van der Waals surface area contributed by atoms with Gasteiger partial charge in [0.25, 0.3) is 0 Å². The van der Waals surface area contributed by atoms with E-state index in [4.69, 9.17) is 37.0 Å². The average molecular weight is 1330 g/mol. The number of hydrogen-bond acceptors (Lipinski definition) is 15. The molecule has 0 bridgehead atoms. The van der Waals surface area contributed by atoms with Gasteiger partial charge in [-0.3, -0.25) is 37.3 Å². The highest BCUT2D eigenvalue weighted by Crippen LogP contribution is 2.45. The molecule has 0 amide bonds. The summed E-state index contributed by atoms with van der Waals surface area (Å²) in [7, 11) is -9.91. The molecule has 0 aliphatic rings. The van der Waals surface area contributed by atoms with Crippen molar-refractivity contribution in [3.05, 3.63) is 0 Å². The van der Waals surface area contributed by atoms with Crippen molar-refractivity contribution in [3.63, 3.8) is 0 Å². The van der Waals surface area contributed by atoms with E-state index in [-0.39, 0.29) is 25.7 Å². The Morgan fingerprint density at radius 3 is 0.789 bits per heavy atom. The van der Waals surface area contributed by atoms with Crippen molar-refractivity contribution in [2.45, 2.75) is 369 Å². The number of phosphoric acid groups is 2. The van der Waals surface area contributed by atoms with Crippen LogP contribution in [-0.4, -0.2) is 96.7 Å². The second-order valence-electron chi connectivity index (χ2n) is 26.8. The molecule has 0 saturated carbocycles. The number of aliphatic hydroxyl groups is 1. The number of phosphoric ester groups is 2. The van der Waals surface area contributed by atoms with E-state index in [2.05, 4.69) is 55.4 Å². The molecule has 0 radical (unpaired) electrons. The second-order valence-corrected chi connectivity index (χ2v) is 29.7. The Morgan fingerprint density at radius 1 is 0.311 bits per heavy atom. The molecule has 17 nitrogen and oxygen atoms in total. The van der Waals surface area contributed by atoms with E-state index in [0.29, 0.717) is 25.7 Å². The lowest BCUT2D eigenvalue weighted by molar-refractivity contribution is -0.161. The molecule has 0 aromatic heterocycles. The minimum absolute atomic E-state index is 0.104. The molecule has 5 unspecified atom stereocenters. The maximum atomic E-state index is 13.0. The maximum Gasteiger partial charge on any atom is 0.472 e. The van der Waals surface area contributed by atoms with Crippen LogP contribution in [0.2, 0.25) is 0 Å². The van der Waals surface area contributed by atoms with Gasteiger partial charge in [-0.1, -0.05) is 299 Å². The third-order valence-electron chi connectivity index (χ3n) is 17.4. The number of unbranched alkanes of at least 4 members (excludes halogenated alkanes) is 31. The Balaban J connectivity index is 5.29. The van der Waals surface area contributed by atoms with E-state index in [1.807, 2.05) is 0 Å². The summed E-state index contributed by atoms with van der Waals surface area (Å²) in [5.74, 6) is 0.961. The molecule has 0 heterocycles. The van der Waals surface area contributed by atoms with Gasteiger partial charge in [-0.15, -0.1) is 0 Å². The van der Waals surface area contributed by atoms with Crippen molar-refractivity contribution in [2.75, 3.05) is 39.6 Å². The van der Waals surface area contributed by atoms with Crippen LogP contribution in [-0.2, 0) is 65.4 Å². The summed E-state index contributed by atoms with van der Waals surface area (Å²) in [6.07, 6.45) is 42.8. The maximum absolute atomic E-state index is 13.0. The number of carbonyl (C=O) groups is 4. The van der Waals surface area contributed by atoms with E-state index in [1.165, 1.54) is 154 Å². The molecule has 0 aliphatic carbocycles. The normalized spacial score (nSPS) is 15.2. The van der Waals surface area contributed by atoms with Crippen molar-refractivity contribution >= 4 is 39.5 Å². The van der Waals surface area contributed by atoms with Gasteiger partial charge >= 0.3 is 39.5 Å². The Morgan fingerprint density at radius 2 is 0.533 bits per heavy atom. The number of hydrogen-bond donors (Lipinski definition) is 3. The molecule has 19 heteroatoms. The predicted molar refractivity (Wildman–Crippen MR) is 363 cm³/mol. The summed E-state index contributed by atoms with van der Waals surface area (Å²) >= 11 is 0. The van der Waals surface area contributed by atoms with Crippen molar-refractivity contribution < 1.29 is 80.2 Å². The number of rotatable bonds is 68. The van der Waals surface area contributed by atoms with Crippen LogP contribution in [0.25, 0.3) is 0 Å². The van der Waals surface area contributed by atoms with Crippen LogP contribution in [0, 0.1) is 23.7 Å². The Kier molecular flexibility index (Phi) is 59.4. The van der Waals surface area contributed by atoms with Gasteiger partial charge in [0.2, 0.25) is 0 Å². The molecule has 90 heavy (non-hydrogen) atoms. The summed E-state index contributed by atoms with van der Waals surface area (Å²) in [6, 6.07) is 0. The molecule has 0 rings (SSSR count). The number of esters is 4. The van der Waals surface area contributed by atoms with Gasteiger partial charge in [0.1, 0.15) is 19.3 Å². The Bertz CT molecular complexity index is 1790. The first kappa shape index (κ1) is 88.1. The summed E-state index contributed by atoms with van der Waals surface area (Å²) in [4.78, 5) is 72.6. The molecule has 0 aliphatic heterocycles. The molecule has 0 fully saturated rings. The second kappa shape index (κ2) is 60.7. The van der Waals surface area contributed by atoms with Crippen molar-refractivity contribution in [2.24, 2.45) is 23.7 Å². The average Bonchev–Trinajstić information content (AvgIpc) is 3.22.